The zero-order chi connectivity index (χ0) is 13.4. The molecule has 0 aromatic carbocycles. The standard InChI is InChI=1S/C5H12N2O2.C2HF3O2/c6-3-1-2-4(7)5(8)9;3-2(4,5)1(6)7/h4H,1-3,6-7H2,(H,8,9);(H,6,7)/t4-;/m0./s1. The third kappa shape index (κ3) is 10.7. The lowest BCUT2D eigenvalue weighted by Crippen LogP contribution is -2.30. The molecule has 0 aliphatic carbocycles. The van der Waals surface area contributed by atoms with Crippen LogP contribution >= 0.6 is 0 Å². The van der Waals surface area contributed by atoms with Crippen LogP contribution < -0.4 is 11.5 Å². The molecular weight excluding hydrogens is 233 g/mol. The van der Waals surface area contributed by atoms with E-state index in [2.05, 4.69) is 0 Å². The average molecular weight is 246 g/mol. The van der Waals surface area contributed by atoms with Gasteiger partial charge in [0, 0.05) is 0 Å². The van der Waals surface area contributed by atoms with Crippen LogP contribution in [0.25, 0.3) is 0 Å². The van der Waals surface area contributed by atoms with Crippen LogP contribution in [-0.2, 0) is 9.59 Å². The van der Waals surface area contributed by atoms with Gasteiger partial charge in [-0.3, -0.25) is 4.79 Å². The van der Waals surface area contributed by atoms with E-state index in [-0.39, 0.29) is 0 Å². The van der Waals surface area contributed by atoms with Crippen molar-refractivity contribution in [3.8, 4) is 0 Å². The predicted molar refractivity (Wildman–Crippen MR) is 47.6 cm³/mol. The number of nitrogens with two attached hydrogens (primary N) is 2. The largest absolute Gasteiger partial charge is 0.490 e. The fraction of sp³-hybridized carbons (Fsp3) is 0.714. The van der Waals surface area contributed by atoms with Gasteiger partial charge in [0.1, 0.15) is 6.04 Å². The highest BCUT2D eigenvalue weighted by atomic mass is 19.4. The molecular formula is C7H13F3N2O4. The third-order valence-electron chi connectivity index (χ3n) is 1.28. The van der Waals surface area contributed by atoms with Crippen LogP contribution in [0.2, 0.25) is 0 Å². The molecule has 0 bridgehead atoms. The molecule has 0 aliphatic rings. The van der Waals surface area contributed by atoms with Gasteiger partial charge in [0.05, 0.1) is 0 Å². The van der Waals surface area contributed by atoms with Gasteiger partial charge in [0.15, 0.2) is 0 Å². The Labute approximate surface area is 89.0 Å². The number of hydrogen-bond donors (Lipinski definition) is 4. The van der Waals surface area contributed by atoms with E-state index in [1.165, 1.54) is 0 Å². The molecule has 0 heterocycles. The Balaban J connectivity index is 0. The van der Waals surface area contributed by atoms with Gasteiger partial charge in [0.25, 0.3) is 0 Å². The van der Waals surface area contributed by atoms with Gasteiger partial charge in [0.2, 0.25) is 0 Å². The molecule has 0 amide bonds. The van der Waals surface area contributed by atoms with Gasteiger partial charge in [-0.1, -0.05) is 0 Å². The van der Waals surface area contributed by atoms with Crippen molar-refractivity contribution in [3.05, 3.63) is 0 Å². The Morgan fingerprint density at radius 1 is 1.25 bits per heavy atom. The van der Waals surface area contributed by atoms with Gasteiger partial charge in [-0.15, -0.1) is 0 Å². The van der Waals surface area contributed by atoms with E-state index in [1.54, 1.807) is 0 Å². The summed E-state index contributed by atoms with van der Waals surface area (Å²) in [4.78, 5) is 18.9. The van der Waals surface area contributed by atoms with Gasteiger partial charge in [-0.2, -0.15) is 13.2 Å². The Bertz CT molecular complexity index is 232. The van der Waals surface area contributed by atoms with Gasteiger partial charge in [-0.25, -0.2) is 4.79 Å². The van der Waals surface area contributed by atoms with E-state index in [0.29, 0.717) is 19.4 Å². The Morgan fingerprint density at radius 3 is 1.81 bits per heavy atom. The van der Waals surface area contributed by atoms with Crippen LogP contribution in [0.3, 0.4) is 0 Å². The lowest BCUT2D eigenvalue weighted by Gasteiger charge is -2.02. The van der Waals surface area contributed by atoms with Crippen molar-refractivity contribution >= 4 is 11.9 Å². The quantitative estimate of drug-likeness (QED) is 0.542. The predicted octanol–water partition coefficient (Wildman–Crippen LogP) is -0.229. The smallest absolute Gasteiger partial charge is 0.480 e. The molecule has 0 saturated carbocycles. The van der Waals surface area contributed by atoms with Crippen molar-refractivity contribution in [3.63, 3.8) is 0 Å². The summed E-state index contributed by atoms with van der Waals surface area (Å²) in [5.74, 6) is -3.71. The highest BCUT2D eigenvalue weighted by molar-refractivity contribution is 5.73. The summed E-state index contributed by atoms with van der Waals surface area (Å²) >= 11 is 0. The minimum Gasteiger partial charge on any atom is -0.480 e. The van der Waals surface area contributed by atoms with Crippen LogP contribution in [0.15, 0.2) is 0 Å². The minimum absolute atomic E-state index is 0.464. The van der Waals surface area contributed by atoms with E-state index < -0.39 is 24.2 Å². The fourth-order valence-electron chi connectivity index (χ4n) is 0.461. The second-order valence-electron chi connectivity index (χ2n) is 2.68. The number of carbonyl (C=O) groups is 2. The van der Waals surface area contributed by atoms with Crippen molar-refractivity contribution in [1.82, 2.24) is 0 Å². The summed E-state index contributed by atoms with van der Waals surface area (Å²) in [5, 5.41) is 15.4. The monoisotopic (exact) mass is 246 g/mol. The molecule has 0 fully saturated rings. The molecule has 16 heavy (non-hydrogen) atoms. The first kappa shape index (κ1) is 17.1. The maximum absolute atomic E-state index is 10.6. The van der Waals surface area contributed by atoms with Gasteiger partial charge >= 0.3 is 18.1 Å². The highest BCUT2D eigenvalue weighted by Gasteiger charge is 2.38. The summed E-state index contributed by atoms with van der Waals surface area (Å²) in [7, 11) is 0. The summed E-state index contributed by atoms with van der Waals surface area (Å²) < 4.78 is 31.7. The van der Waals surface area contributed by atoms with Crippen LogP contribution in [0.1, 0.15) is 12.8 Å². The molecule has 0 rings (SSSR count). The van der Waals surface area contributed by atoms with E-state index in [9.17, 15) is 18.0 Å². The first-order valence-corrected chi connectivity index (χ1v) is 4.11. The van der Waals surface area contributed by atoms with Crippen LogP contribution in [-0.4, -0.2) is 40.9 Å². The van der Waals surface area contributed by atoms with Gasteiger partial charge < -0.3 is 21.7 Å². The molecule has 0 spiro atoms. The first-order chi connectivity index (χ1) is 7.12. The summed E-state index contributed by atoms with van der Waals surface area (Å²) in [5.41, 5.74) is 10.3. The topological polar surface area (TPSA) is 127 Å². The third-order valence-corrected chi connectivity index (χ3v) is 1.28. The summed E-state index contributed by atoms with van der Waals surface area (Å²) in [6.45, 7) is 0.501. The number of rotatable bonds is 4. The van der Waals surface area contributed by atoms with E-state index >= 15 is 0 Å². The normalized spacial score (nSPS) is 12.3. The fourth-order valence-corrected chi connectivity index (χ4v) is 0.461. The maximum Gasteiger partial charge on any atom is 0.490 e. The molecule has 6 nitrogen and oxygen atoms in total. The minimum atomic E-state index is -5.08. The Kier molecular flexibility index (Phi) is 8.40. The Hall–Kier alpha value is -1.35. The van der Waals surface area contributed by atoms with Gasteiger partial charge in [-0.05, 0) is 19.4 Å². The zero-order valence-electron chi connectivity index (χ0n) is 8.20. The van der Waals surface area contributed by atoms with Crippen molar-refractivity contribution in [2.75, 3.05) is 6.54 Å². The highest BCUT2D eigenvalue weighted by Crippen LogP contribution is 2.13. The summed E-state index contributed by atoms with van der Waals surface area (Å²) in [6, 6.07) is -0.742. The van der Waals surface area contributed by atoms with E-state index in [0.717, 1.165) is 0 Å². The molecule has 0 unspecified atom stereocenters. The van der Waals surface area contributed by atoms with Crippen LogP contribution in [0.5, 0.6) is 0 Å². The second-order valence-corrected chi connectivity index (χ2v) is 2.68. The number of hydrogen-bond acceptors (Lipinski definition) is 4. The molecule has 0 saturated heterocycles. The van der Waals surface area contributed by atoms with Crippen molar-refractivity contribution in [2.45, 2.75) is 25.1 Å². The van der Waals surface area contributed by atoms with Crippen LogP contribution in [0.4, 0.5) is 13.2 Å². The zero-order valence-corrected chi connectivity index (χ0v) is 8.20. The molecule has 0 aromatic heterocycles. The number of carboxylic acid groups (broad SMARTS) is 2. The lowest BCUT2D eigenvalue weighted by molar-refractivity contribution is -0.192. The number of alkyl halides is 3. The number of aliphatic carboxylic acids is 2. The number of carboxylic acids is 2. The average Bonchev–Trinajstić information content (AvgIpc) is 2.13. The van der Waals surface area contributed by atoms with E-state index in [1.807, 2.05) is 0 Å². The lowest BCUT2D eigenvalue weighted by atomic mass is 10.2. The molecule has 0 radical (unpaired) electrons. The molecule has 6 N–H and O–H groups in total. The Morgan fingerprint density at radius 2 is 1.62 bits per heavy atom. The van der Waals surface area contributed by atoms with Crippen LogP contribution in [0, 0.1) is 0 Å². The molecule has 9 heteroatoms. The first-order valence-electron chi connectivity index (χ1n) is 4.11. The second kappa shape index (κ2) is 7.88. The molecule has 0 aliphatic heterocycles. The molecule has 0 aromatic rings. The molecule has 96 valence electrons. The molecule has 1 atom stereocenters. The van der Waals surface area contributed by atoms with Crippen molar-refractivity contribution in [1.29, 1.82) is 0 Å². The maximum atomic E-state index is 10.6. The van der Waals surface area contributed by atoms with Crippen molar-refractivity contribution < 1.29 is 33.0 Å². The van der Waals surface area contributed by atoms with Crippen molar-refractivity contribution in [2.24, 2.45) is 11.5 Å². The summed E-state index contributed by atoms with van der Waals surface area (Å²) in [6.07, 6.45) is -3.95. The SMILES string of the molecule is NCCC[C@H](N)C(=O)O.O=C(O)C(F)(F)F. The number of halogens is 3. The van der Waals surface area contributed by atoms with E-state index in [4.69, 9.17) is 26.5 Å².